The van der Waals surface area contributed by atoms with Gasteiger partial charge in [0.25, 0.3) is 0 Å². The second-order valence-corrected chi connectivity index (χ2v) is 14.3. The molecular formula is C51H29N3O3. The number of aromatic nitrogens is 3. The lowest BCUT2D eigenvalue weighted by Crippen LogP contribution is -2.00. The third-order valence-corrected chi connectivity index (χ3v) is 11.0. The van der Waals surface area contributed by atoms with Gasteiger partial charge in [0.05, 0.1) is 0 Å². The minimum atomic E-state index is 0.580. The summed E-state index contributed by atoms with van der Waals surface area (Å²) in [5.74, 6) is 1.81. The molecule has 4 aromatic heterocycles. The molecule has 6 nitrogen and oxygen atoms in total. The molecule has 0 saturated carbocycles. The van der Waals surface area contributed by atoms with Crippen LogP contribution < -0.4 is 0 Å². The Bertz CT molecular complexity index is 3470. The van der Waals surface area contributed by atoms with E-state index in [0.29, 0.717) is 17.5 Å². The highest BCUT2D eigenvalue weighted by Gasteiger charge is 2.21. The predicted molar refractivity (Wildman–Crippen MR) is 229 cm³/mol. The summed E-state index contributed by atoms with van der Waals surface area (Å²) in [6.45, 7) is 0. The molecule has 6 heteroatoms. The Morgan fingerprint density at radius 1 is 0.281 bits per heavy atom. The first-order chi connectivity index (χ1) is 28.2. The van der Waals surface area contributed by atoms with E-state index in [4.69, 9.17) is 28.2 Å². The molecule has 0 atom stereocenters. The molecule has 0 spiro atoms. The van der Waals surface area contributed by atoms with Crippen molar-refractivity contribution in [1.29, 1.82) is 0 Å². The van der Waals surface area contributed by atoms with Crippen LogP contribution in [0.2, 0.25) is 0 Å². The summed E-state index contributed by atoms with van der Waals surface area (Å²) in [6, 6.07) is 59.7. The van der Waals surface area contributed by atoms with Crippen molar-refractivity contribution >= 4 is 65.8 Å². The average Bonchev–Trinajstić information content (AvgIpc) is 3.98. The molecule has 0 radical (unpaired) electrons. The Kier molecular flexibility index (Phi) is 6.83. The number of para-hydroxylation sites is 3. The van der Waals surface area contributed by atoms with Crippen molar-refractivity contribution in [3.63, 3.8) is 0 Å². The SMILES string of the molecule is c1ccc(-c2nc(-c3ccccc3)nc(-c3ccc4c(c3)oc3cc(-c5ccc(-c6cccc7c6oc6ccccc67)c6c5oc5ccccc56)ccc34)n2)cc1. The molecule has 0 fully saturated rings. The van der Waals surface area contributed by atoms with Gasteiger partial charge in [0.15, 0.2) is 17.5 Å². The molecule has 0 N–H and O–H groups in total. The van der Waals surface area contributed by atoms with Crippen LogP contribution in [0.4, 0.5) is 0 Å². The summed E-state index contributed by atoms with van der Waals surface area (Å²) in [6.07, 6.45) is 0. The lowest BCUT2D eigenvalue weighted by atomic mass is 9.93. The normalized spacial score (nSPS) is 11.9. The highest BCUT2D eigenvalue weighted by Crippen LogP contribution is 2.45. The Morgan fingerprint density at radius 3 is 1.49 bits per heavy atom. The molecule has 4 heterocycles. The van der Waals surface area contributed by atoms with E-state index in [-0.39, 0.29) is 0 Å². The molecule has 0 amide bonds. The summed E-state index contributed by atoms with van der Waals surface area (Å²) < 4.78 is 19.8. The Balaban J connectivity index is 0.996. The quantitative estimate of drug-likeness (QED) is 0.175. The monoisotopic (exact) mass is 731 g/mol. The van der Waals surface area contributed by atoms with E-state index in [1.54, 1.807) is 0 Å². The summed E-state index contributed by atoms with van der Waals surface area (Å²) in [4.78, 5) is 14.7. The van der Waals surface area contributed by atoms with Gasteiger partial charge in [-0.15, -0.1) is 0 Å². The molecule has 12 aromatic rings. The van der Waals surface area contributed by atoms with E-state index in [1.807, 2.05) is 91.0 Å². The second-order valence-electron chi connectivity index (χ2n) is 14.3. The standard InChI is InChI=1S/C51H29N3O3/c1-3-12-30(13-4-1)49-52-50(31-14-5-2-6-15-31)54-51(53-49)33-23-25-37-36-24-22-32(28-44(36)55-45(37)29-33)34-26-27-38(46-41-17-8-10-21-43(41)57-48(34)46)40-19-11-18-39-35-16-7-9-20-42(35)56-47(39)40/h1-29H. The third-order valence-electron chi connectivity index (χ3n) is 11.0. The lowest BCUT2D eigenvalue weighted by molar-refractivity contribution is 0.668. The van der Waals surface area contributed by atoms with Crippen LogP contribution in [0.5, 0.6) is 0 Å². The van der Waals surface area contributed by atoms with Crippen LogP contribution >= 0.6 is 0 Å². The van der Waals surface area contributed by atoms with Crippen LogP contribution in [0.25, 0.3) is 122 Å². The maximum atomic E-state index is 6.71. The smallest absolute Gasteiger partial charge is 0.164 e. The van der Waals surface area contributed by atoms with Gasteiger partial charge in [0.1, 0.15) is 33.5 Å². The Labute approximate surface area is 325 Å². The van der Waals surface area contributed by atoms with Crippen molar-refractivity contribution in [2.45, 2.75) is 0 Å². The first-order valence-corrected chi connectivity index (χ1v) is 18.9. The molecule has 0 bridgehead atoms. The van der Waals surface area contributed by atoms with Gasteiger partial charge < -0.3 is 13.3 Å². The molecule has 0 aliphatic rings. The highest BCUT2D eigenvalue weighted by atomic mass is 16.3. The average molecular weight is 732 g/mol. The topological polar surface area (TPSA) is 78.1 Å². The first kappa shape index (κ1) is 31.5. The Morgan fingerprint density at radius 2 is 0.789 bits per heavy atom. The number of hydrogen-bond acceptors (Lipinski definition) is 6. The van der Waals surface area contributed by atoms with Gasteiger partial charge in [-0.3, -0.25) is 0 Å². The summed E-state index contributed by atoms with van der Waals surface area (Å²) >= 11 is 0. The highest BCUT2D eigenvalue weighted by molar-refractivity contribution is 6.20. The Hall–Kier alpha value is -7.83. The molecule has 12 rings (SSSR count). The largest absolute Gasteiger partial charge is 0.456 e. The molecule has 0 saturated heterocycles. The zero-order valence-corrected chi connectivity index (χ0v) is 30.3. The van der Waals surface area contributed by atoms with Gasteiger partial charge >= 0.3 is 0 Å². The molecule has 0 aliphatic heterocycles. The second kappa shape index (κ2) is 12.3. The number of benzene rings is 8. The van der Waals surface area contributed by atoms with E-state index in [1.165, 1.54) is 0 Å². The van der Waals surface area contributed by atoms with Crippen molar-refractivity contribution in [2.24, 2.45) is 0 Å². The molecule has 57 heavy (non-hydrogen) atoms. The predicted octanol–water partition coefficient (Wildman–Crippen LogP) is 13.9. The first-order valence-electron chi connectivity index (χ1n) is 18.9. The van der Waals surface area contributed by atoms with Gasteiger partial charge in [-0.1, -0.05) is 133 Å². The number of rotatable bonds is 5. The minimum Gasteiger partial charge on any atom is -0.456 e. The van der Waals surface area contributed by atoms with E-state index in [2.05, 4.69) is 84.9 Å². The van der Waals surface area contributed by atoms with Gasteiger partial charge in [0, 0.05) is 60.1 Å². The molecule has 8 aromatic carbocycles. The maximum Gasteiger partial charge on any atom is 0.164 e. The van der Waals surface area contributed by atoms with Crippen LogP contribution in [0.3, 0.4) is 0 Å². The lowest BCUT2D eigenvalue weighted by Gasteiger charge is -2.09. The van der Waals surface area contributed by atoms with Crippen molar-refractivity contribution < 1.29 is 13.3 Å². The fourth-order valence-corrected chi connectivity index (χ4v) is 8.26. The van der Waals surface area contributed by atoms with Crippen LogP contribution in [0.15, 0.2) is 189 Å². The fraction of sp³-hybridized carbons (Fsp3) is 0. The summed E-state index contributed by atoms with van der Waals surface area (Å²) in [5.41, 5.74) is 11.7. The number of nitrogens with zero attached hydrogens (tertiary/aromatic N) is 3. The van der Waals surface area contributed by atoms with Gasteiger partial charge in [-0.2, -0.15) is 0 Å². The van der Waals surface area contributed by atoms with Crippen LogP contribution in [0.1, 0.15) is 0 Å². The molecular weight excluding hydrogens is 703 g/mol. The molecule has 0 unspecified atom stereocenters. The number of hydrogen-bond donors (Lipinski definition) is 0. The van der Waals surface area contributed by atoms with Gasteiger partial charge in [0.2, 0.25) is 0 Å². The van der Waals surface area contributed by atoms with Gasteiger partial charge in [-0.05, 0) is 53.6 Å². The van der Waals surface area contributed by atoms with Crippen LogP contribution in [0, 0.1) is 0 Å². The van der Waals surface area contributed by atoms with E-state index < -0.39 is 0 Å². The third kappa shape index (κ3) is 5.01. The number of fused-ring (bicyclic) bond motifs is 9. The van der Waals surface area contributed by atoms with Crippen molar-refractivity contribution in [3.8, 4) is 56.4 Å². The minimum absolute atomic E-state index is 0.580. The summed E-state index contributed by atoms with van der Waals surface area (Å²) in [7, 11) is 0. The van der Waals surface area contributed by atoms with Crippen molar-refractivity contribution in [3.05, 3.63) is 176 Å². The van der Waals surface area contributed by atoms with Crippen LogP contribution in [-0.2, 0) is 0 Å². The number of furan rings is 3. The van der Waals surface area contributed by atoms with Crippen molar-refractivity contribution in [1.82, 2.24) is 15.0 Å². The molecule has 0 aliphatic carbocycles. The molecule has 266 valence electrons. The zero-order chi connectivity index (χ0) is 37.5. The summed E-state index contributed by atoms with van der Waals surface area (Å²) in [5, 5.41) is 6.35. The van der Waals surface area contributed by atoms with Crippen molar-refractivity contribution in [2.75, 3.05) is 0 Å². The van der Waals surface area contributed by atoms with Crippen LogP contribution in [-0.4, -0.2) is 15.0 Å². The van der Waals surface area contributed by atoms with E-state index in [0.717, 1.165) is 105 Å². The van der Waals surface area contributed by atoms with Gasteiger partial charge in [-0.25, -0.2) is 15.0 Å². The zero-order valence-electron chi connectivity index (χ0n) is 30.3. The fourth-order valence-electron chi connectivity index (χ4n) is 8.26. The van der Waals surface area contributed by atoms with E-state index >= 15 is 0 Å². The maximum absolute atomic E-state index is 6.71. The van der Waals surface area contributed by atoms with E-state index in [9.17, 15) is 0 Å².